The Morgan fingerprint density at radius 2 is 1.97 bits per heavy atom. The van der Waals surface area contributed by atoms with Crippen LogP contribution in [0, 0.1) is 11.3 Å². The van der Waals surface area contributed by atoms with E-state index in [0.29, 0.717) is 30.1 Å². The Hall–Kier alpha value is -3.52. The first-order valence-electron chi connectivity index (χ1n) is 9.98. The molecule has 144 valence electrons. The maximum atomic E-state index is 12.8. The Bertz CT molecular complexity index is 1270. The molecule has 2 aliphatic rings. The van der Waals surface area contributed by atoms with Gasteiger partial charge in [-0.3, -0.25) is 4.79 Å². The summed E-state index contributed by atoms with van der Waals surface area (Å²) in [5.74, 6) is 0.221. The number of fused-ring (bicyclic) bond motifs is 3. The molecule has 0 fully saturated rings. The van der Waals surface area contributed by atoms with Crippen LogP contribution in [0.25, 0.3) is 21.9 Å². The molecule has 0 radical (unpaired) electrons. The second-order valence-corrected chi connectivity index (χ2v) is 7.59. The molecule has 5 rings (SSSR count). The van der Waals surface area contributed by atoms with Crippen molar-refractivity contribution in [1.82, 2.24) is 4.90 Å². The van der Waals surface area contributed by atoms with Gasteiger partial charge in [-0.25, -0.2) is 0 Å². The zero-order valence-electron chi connectivity index (χ0n) is 16.2. The van der Waals surface area contributed by atoms with Gasteiger partial charge in [0, 0.05) is 29.7 Å². The minimum Gasteiger partial charge on any atom is -0.456 e. The highest BCUT2D eigenvalue weighted by Crippen LogP contribution is 2.45. The van der Waals surface area contributed by atoms with Gasteiger partial charge in [0.25, 0.3) is 0 Å². The second-order valence-electron chi connectivity index (χ2n) is 7.59. The van der Waals surface area contributed by atoms with Crippen molar-refractivity contribution in [2.45, 2.75) is 32.1 Å². The molecule has 0 saturated heterocycles. The van der Waals surface area contributed by atoms with Gasteiger partial charge in [-0.05, 0) is 49.1 Å². The molecule has 5 nitrogen and oxygen atoms in total. The average molecular weight is 383 g/mol. The van der Waals surface area contributed by atoms with Crippen LogP contribution in [-0.2, 0) is 4.79 Å². The highest BCUT2D eigenvalue weighted by atomic mass is 16.3. The van der Waals surface area contributed by atoms with Crippen molar-refractivity contribution >= 4 is 27.7 Å². The zero-order valence-corrected chi connectivity index (χ0v) is 16.2. The standard InChI is InChI=1S/C24H21N3O2/c1-2-27-23-16(7-5-8-19(23)28)22(18(13-25)24(27)26)14-10-11-21-17(12-14)15-6-3-4-9-20(15)29-21/h3-4,6,9-12,22H,2,5,7-8,26H2,1H3. The minimum atomic E-state index is -0.292. The Morgan fingerprint density at radius 3 is 2.76 bits per heavy atom. The van der Waals surface area contributed by atoms with Crippen molar-refractivity contribution in [1.29, 1.82) is 5.26 Å². The van der Waals surface area contributed by atoms with E-state index in [1.165, 1.54) is 0 Å². The highest BCUT2D eigenvalue weighted by molar-refractivity contribution is 6.05. The number of nitriles is 1. The molecule has 1 atom stereocenters. The normalized spacial score (nSPS) is 19.8. The summed E-state index contributed by atoms with van der Waals surface area (Å²) in [6.07, 6.45) is 2.13. The van der Waals surface area contributed by atoms with E-state index in [0.717, 1.165) is 45.9 Å². The molecule has 5 heteroatoms. The summed E-state index contributed by atoms with van der Waals surface area (Å²) in [5.41, 5.74) is 11.3. The first kappa shape index (κ1) is 17.6. The van der Waals surface area contributed by atoms with E-state index < -0.39 is 0 Å². The molecule has 1 aromatic heterocycles. The third-order valence-electron chi connectivity index (χ3n) is 6.06. The van der Waals surface area contributed by atoms with E-state index in [4.69, 9.17) is 10.2 Å². The fourth-order valence-corrected chi connectivity index (χ4v) is 4.79. The number of hydrogen-bond acceptors (Lipinski definition) is 5. The number of carbonyl (C=O) groups is 1. The summed E-state index contributed by atoms with van der Waals surface area (Å²) in [5, 5.41) is 12.0. The minimum absolute atomic E-state index is 0.118. The number of carbonyl (C=O) groups excluding carboxylic acids is 1. The molecule has 1 aliphatic carbocycles. The molecule has 2 aromatic carbocycles. The van der Waals surface area contributed by atoms with E-state index in [-0.39, 0.29) is 11.7 Å². The molecule has 0 saturated carbocycles. The van der Waals surface area contributed by atoms with Crippen molar-refractivity contribution in [2.75, 3.05) is 6.54 Å². The first-order chi connectivity index (χ1) is 14.1. The van der Waals surface area contributed by atoms with E-state index in [1.54, 1.807) is 0 Å². The predicted molar refractivity (Wildman–Crippen MR) is 112 cm³/mol. The van der Waals surface area contributed by atoms with Gasteiger partial charge in [-0.2, -0.15) is 5.26 Å². The summed E-state index contributed by atoms with van der Waals surface area (Å²) in [7, 11) is 0. The van der Waals surface area contributed by atoms with Gasteiger partial charge in [0.2, 0.25) is 0 Å². The fourth-order valence-electron chi connectivity index (χ4n) is 4.79. The number of hydrogen-bond donors (Lipinski definition) is 1. The molecule has 1 unspecified atom stereocenters. The number of para-hydroxylation sites is 1. The molecule has 2 heterocycles. The van der Waals surface area contributed by atoms with Gasteiger partial charge < -0.3 is 15.1 Å². The first-order valence-corrected chi connectivity index (χ1v) is 9.98. The van der Waals surface area contributed by atoms with Crippen molar-refractivity contribution in [3.63, 3.8) is 0 Å². The third kappa shape index (κ3) is 2.49. The number of likely N-dealkylation sites (N-methyl/N-ethyl adjacent to an activating group) is 1. The lowest BCUT2D eigenvalue weighted by Crippen LogP contribution is -2.39. The molecule has 0 bridgehead atoms. The van der Waals surface area contributed by atoms with Crippen molar-refractivity contribution < 1.29 is 9.21 Å². The zero-order chi connectivity index (χ0) is 20.1. The van der Waals surface area contributed by atoms with Crippen molar-refractivity contribution in [3.8, 4) is 6.07 Å². The monoisotopic (exact) mass is 383 g/mol. The lowest BCUT2D eigenvalue weighted by atomic mass is 9.76. The molecule has 0 amide bonds. The Kier molecular flexibility index (Phi) is 3.95. The smallest absolute Gasteiger partial charge is 0.179 e. The SMILES string of the molecule is CCN1C(N)=C(C#N)C(c2ccc3oc4ccccc4c3c2)C2=C1C(=O)CCC2. The van der Waals surface area contributed by atoms with Crippen molar-refractivity contribution in [3.05, 3.63) is 70.7 Å². The lowest BCUT2D eigenvalue weighted by Gasteiger charge is -2.39. The Balaban J connectivity index is 1.76. The van der Waals surface area contributed by atoms with Crippen LogP contribution in [0.4, 0.5) is 0 Å². The largest absolute Gasteiger partial charge is 0.456 e. The topological polar surface area (TPSA) is 83.3 Å². The van der Waals surface area contributed by atoms with Crippen LogP contribution in [-0.4, -0.2) is 17.2 Å². The molecular formula is C24H21N3O2. The number of benzene rings is 2. The van der Waals surface area contributed by atoms with Crippen LogP contribution in [0.15, 0.2) is 69.5 Å². The molecule has 0 spiro atoms. The number of nitrogens with two attached hydrogens (primary N) is 1. The molecule has 1 aliphatic heterocycles. The maximum absolute atomic E-state index is 12.8. The maximum Gasteiger partial charge on any atom is 0.179 e. The summed E-state index contributed by atoms with van der Waals surface area (Å²) in [6.45, 7) is 2.53. The molecule has 2 N–H and O–H groups in total. The third-order valence-corrected chi connectivity index (χ3v) is 6.06. The van der Waals surface area contributed by atoms with Crippen LogP contribution in [0.5, 0.6) is 0 Å². The number of ketones is 1. The van der Waals surface area contributed by atoms with Crippen LogP contribution in [0.1, 0.15) is 37.7 Å². The number of nitrogens with zero attached hydrogens (tertiary/aromatic N) is 2. The fraction of sp³-hybridized carbons (Fsp3) is 0.250. The van der Waals surface area contributed by atoms with E-state index in [2.05, 4.69) is 12.1 Å². The van der Waals surface area contributed by atoms with Gasteiger partial charge >= 0.3 is 0 Å². The molecular weight excluding hydrogens is 362 g/mol. The quantitative estimate of drug-likeness (QED) is 0.693. The van der Waals surface area contributed by atoms with E-state index >= 15 is 0 Å². The number of rotatable bonds is 2. The van der Waals surface area contributed by atoms with Gasteiger partial charge in [-0.1, -0.05) is 24.3 Å². The van der Waals surface area contributed by atoms with E-state index in [9.17, 15) is 10.1 Å². The summed E-state index contributed by atoms with van der Waals surface area (Å²) >= 11 is 0. The van der Waals surface area contributed by atoms with Crippen LogP contribution in [0.2, 0.25) is 0 Å². The van der Waals surface area contributed by atoms with Gasteiger partial charge in [0.1, 0.15) is 17.0 Å². The molecule has 3 aromatic rings. The van der Waals surface area contributed by atoms with Crippen LogP contribution >= 0.6 is 0 Å². The average Bonchev–Trinajstić information content (AvgIpc) is 3.11. The van der Waals surface area contributed by atoms with Crippen molar-refractivity contribution in [2.24, 2.45) is 5.73 Å². The van der Waals surface area contributed by atoms with Crippen LogP contribution in [0.3, 0.4) is 0 Å². The summed E-state index contributed by atoms with van der Waals surface area (Å²) in [4.78, 5) is 14.6. The van der Waals surface area contributed by atoms with Gasteiger partial charge in [-0.15, -0.1) is 0 Å². The lowest BCUT2D eigenvalue weighted by molar-refractivity contribution is -0.117. The number of furan rings is 1. The number of Topliss-reactive ketones (excluding diaryl/α,β-unsaturated/α-hetero) is 1. The van der Waals surface area contributed by atoms with E-state index in [1.807, 2.05) is 48.2 Å². The summed E-state index contributed by atoms with van der Waals surface area (Å²) in [6, 6.07) is 16.3. The Labute approximate surface area is 168 Å². The van der Waals surface area contributed by atoms with Gasteiger partial charge in [0.05, 0.1) is 17.3 Å². The van der Waals surface area contributed by atoms with Gasteiger partial charge in [0.15, 0.2) is 5.78 Å². The Morgan fingerprint density at radius 1 is 1.17 bits per heavy atom. The molecule has 29 heavy (non-hydrogen) atoms. The summed E-state index contributed by atoms with van der Waals surface area (Å²) < 4.78 is 5.95. The second kappa shape index (κ2) is 6.52. The number of allylic oxidation sites excluding steroid dienone is 3. The van der Waals surface area contributed by atoms with Crippen LogP contribution < -0.4 is 5.73 Å². The highest BCUT2D eigenvalue weighted by Gasteiger charge is 2.38. The predicted octanol–water partition coefficient (Wildman–Crippen LogP) is 4.71.